The SMILES string of the molecule is CN1c2ccccc2C(C)(C)[C@]12C=Cc1cc(C=O)ccc1O2.CN1c2ccccc2C(C)(C)[C@]12C=Cc1cc(C=O)ccc1O2. The van der Waals surface area contributed by atoms with Crippen molar-refractivity contribution >= 4 is 36.1 Å². The maximum atomic E-state index is 11.0. The van der Waals surface area contributed by atoms with Crippen molar-refractivity contribution in [2.75, 3.05) is 23.9 Å². The normalized spacial score (nSPS) is 23.3. The highest BCUT2D eigenvalue weighted by Crippen LogP contribution is 2.55. The average molecular weight is 611 g/mol. The molecule has 0 aromatic heterocycles. The summed E-state index contributed by atoms with van der Waals surface area (Å²) in [5, 5.41) is 0. The van der Waals surface area contributed by atoms with E-state index in [0.29, 0.717) is 11.1 Å². The molecule has 0 amide bonds. The van der Waals surface area contributed by atoms with E-state index < -0.39 is 11.4 Å². The van der Waals surface area contributed by atoms with Crippen LogP contribution in [0.15, 0.2) is 97.1 Å². The standard InChI is InChI=1S/2C20H19NO2/c2*1-19(2)16-6-4-5-7-17(16)21(3)20(19)11-10-15-12-14(13-22)8-9-18(15)23-20/h2*4-13H,1-3H3/t2*20-/m11/s1. The number of ether oxygens (including phenoxy) is 2. The maximum Gasteiger partial charge on any atom is 0.211 e. The molecule has 0 saturated heterocycles. The fraction of sp³-hybridized carbons (Fsp3) is 0.250. The molecule has 4 aliphatic heterocycles. The number of likely N-dealkylation sites (N-methyl/N-ethyl adjacent to an activating group) is 2. The van der Waals surface area contributed by atoms with Crippen LogP contribution in [0.4, 0.5) is 11.4 Å². The third-order valence-electron chi connectivity index (χ3n) is 10.5. The van der Waals surface area contributed by atoms with Gasteiger partial charge in [-0.05, 0) is 112 Å². The first-order chi connectivity index (χ1) is 22.0. The largest absolute Gasteiger partial charge is 0.463 e. The number of hydrogen-bond donors (Lipinski definition) is 0. The number of aldehydes is 2. The quantitative estimate of drug-likeness (QED) is 0.214. The highest BCUT2D eigenvalue weighted by Gasteiger charge is 2.58. The molecule has 0 radical (unpaired) electrons. The summed E-state index contributed by atoms with van der Waals surface area (Å²) in [6, 6.07) is 28.0. The highest BCUT2D eigenvalue weighted by atomic mass is 16.5. The van der Waals surface area contributed by atoms with E-state index in [2.05, 4.69) is 124 Å². The summed E-state index contributed by atoms with van der Waals surface area (Å²) in [5.74, 6) is 1.62. The van der Waals surface area contributed by atoms with Crippen molar-refractivity contribution in [3.05, 3.63) is 130 Å². The molecule has 0 aliphatic carbocycles. The number of fused-ring (bicyclic) bond motifs is 4. The number of benzene rings is 4. The van der Waals surface area contributed by atoms with E-state index in [4.69, 9.17) is 9.47 Å². The van der Waals surface area contributed by atoms with Crippen molar-refractivity contribution in [2.24, 2.45) is 0 Å². The van der Waals surface area contributed by atoms with Crippen LogP contribution in [0.2, 0.25) is 0 Å². The lowest BCUT2D eigenvalue weighted by molar-refractivity contribution is 0.0581. The Kier molecular flexibility index (Phi) is 6.57. The Morgan fingerprint density at radius 1 is 0.565 bits per heavy atom. The third-order valence-corrected chi connectivity index (χ3v) is 10.5. The summed E-state index contributed by atoms with van der Waals surface area (Å²) in [6.07, 6.45) is 10.1. The van der Waals surface area contributed by atoms with Gasteiger partial charge in [-0.2, -0.15) is 0 Å². The first-order valence-electron chi connectivity index (χ1n) is 15.6. The van der Waals surface area contributed by atoms with Crippen LogP contribution in [0.3, 0.4) is 0 Å². The second-order valence-corrected chi connectivity index (χ2v) is 13.5. The van der Waals surface area contributed by atoms with Crippen LogP contribution in [-0.4, -0.2) is 38.1 Å². The van der Waals surface area contributed by atoms with Gasteiger partial charge < -0.3 is 19.3 Å². The molecule has 0 N–H and O–H groups in total. The van der Waals surface area contributed by atoms with Gasteiger partial charge >= 0.3 is 0 Å². The molecule has 4 aromatic carbocycles. The molecule has 0 saturated carbocycles. The number of nitrogens with zero attached hydrogens (tertiary/aromatic N) is 2. The van der Waals surface area contributed by atoms with Gasteiger partial charge in [0.25, 0.3) is 0 Å². The Labute approximate surface area is 270 Å². The van der Waals surface area contributed by atoms with Crippen molar-refractivity contribution in [2.45, 2.75) is 50.0 Å². The van der Waals surface area contributed by atoms with E-state index in [0.717, 1.165) is 35.2 Å². The molecule has 0 fully saturated rings. The van der Waals surface area contributed by atoms with Crippen molar-refractivity contribution in [3.63, 3.8) is 0 Å². The molecule has 46 heavy (non-hydrogen) atoms. The molecule has 2 atom stereocenters. The van der Waals surface area contributed by atoms with Gasteiger partial charge in [0.05, 0.1) is 10.8 Å². The third kappa shape index (κ3) is 3.95. The van der Waals surface area contributed by atoms with E-state index in [9.17, 15) is 9.59 Å². The number of anilines is 2. The lowest BCUT2D eigenvalue weighted by Crippen LogP contribution is -2.58. The van der Waals surface area contributed by atoms with E-state index in [1.165, 1.54) is 22.5 Å². The van der Waals surface area contributed by atoms with Crippen LogP contribution in [-0.2, 0) is 10.8 Å². The minimum atomic E-state index is -0.563. The summed E-state index contributed by atoms with van der Waals surface area (Å²) in [4.78, 5) is 26.4. The predicted octanol–water partition coefficient (Wildman–Crippen LogP) is 8.06. The van der Waals surface area contributed by atoms with Crippen molar-refractivity contribution in [3.8, 4) is 11.5 Å². The molecule has 6 heteroatoms. The van der Waals surface area contributed by atoms with Crippen molar-refractivity contribution in [1.29, 1.82) is 0 Å². The number of rotatable bonds is 2. The molecule has 232 valence electrons. The first-order valence-corrected chi connectivity index (χ1v) is 15.6. The second kappa shape index (κ2) is 10.2. The summed E-state index contributed by atoms with van der Waals surface area (Å²) >= 11 is 0. The Bertz CT molecular complexity index is 1820. The molecule has 4 aliphatic rings. The van der Waals surface area contributed by atoms with Gasteiger partial charge in [-0.1, -0.05) is 36.4 Å². The number of hydrogen-bond acceptors (Lipinski definition) is 6. The topological polar surface area (TPSA) is 59.1 Å². The molecule has 4 heterocycles. The number of para-hydroxylation sites is 2. The molecule has 6 nitrogen and oxygen atoms in total. The van der Waals surface area contributed by atoms with Gasteiger partial charge in [0.1, 0.15) is 24.1 Å². The Morgan fingerprint density at radius 3 is 1.33 bits per heavy atom. The number of carbonyl (C=O) groups excluding carboxylic acids is 2. The summed E-state index contributed by atoms with van der Waals surface area (Å²) in [5.41, 5.74) is 6.63. The Balaban J connectivity index is 0.000000147. The minimum Gasteiger partial charge on any atom is -0.463 e. The summed E-state index contributed by atoms with van der Waals surface area (Å²) in [6.45, 7) is 8.85. The van der Waals surface area contributed by atoms with Crippen LogP contribution < -0.4 is 19.3 Å². The fourth-order valence-corrected chi connectivity index (χ4v) is 7.74. The summed E-state index contributed by atoms with van der Waals surface area (Å²) < 4.78 is 13.0. The van der Waals surface area contributed by atoms with E-state index >= 15 is 0 Å². The van der Waals surface area contributed by atoms with Gasteiger partial charge in [0.2, 0.25) is 11.4 Å². The molecular formula is C40H38N2O4. The van der Waals surface area contributed by atoms with Crippen LogP contribution in [0.25, 0.3) is 12.2 Å². The zero-order valence-electron chi connectivity index (χ0n) is 27.1. The average Bonchev–Trinajstić information content (AvgIpc) is 3.34. The molecule has 0 bridgehead atoms. The van der Waals surface area contributed by atoms with Crippen molar-refractivity contribution < 1.29 is 19.1 Å². The van der Waals surface area contributed by atoms with Gasteiger partial charge in [-0.3, -0.25) is 9.59 Å². The number of carbonyl (C=O) groups is 2. The fourth-order valence-electron chi connectivity index (χ4n) is 7.74. The summed E-state index contributed by atoms with van der Waals surface area (Å²) in [7, 11) is 4.14. The van der Waals surface area contributed by atoms with Crippen LogP contribution in [0.1, 0.15) is 70.7 Å². The monoisotopic (exact) mass is 610 g/mol. The second-order valence-electron chi connectivity index (χ2n) is 13.5. The highest BCUT2D eigenvalue weighted by molar-refractivity contribution is 5.80. The molecule has 2 spiro atoms. The van der Waals surface area contributed by atoms with E-state index in [1.807, 2.05) is 24.3 Å². The van der Waals surface area contributed by atoms with Gasteiger partial charge in [-0.15, -0.1) is 0 Å². The lowest BCUT2D eigenvalue weighted by atomic mass is 9.76. The maximum absolute atomic E-state index is 11.0. The molecule has 0 unspecified atom stereocenters. The minimum absolute atomic E-state index is 0.199. The zero-order valence-corrected chi connectivity index (χ0v) is 27.1. The van der Waals surface area contributed by atoms with E-state index in [1.54, 1.807) is 12.1 Å². The Morgan fingerprint density at radius 2 is 0.957 bits per heavy atom. The van der Waals surface area contributed by atoms with Crippen LogP contribution in [0, 0.1) is 0 Å². The van der Waals surface area contributed by atoms with Gasteiger partial charge in [0.15, 0.2) is 0 Å². The molecule has 8 rings (SSSR count). The molecular weight excluding hydrogens is 572 g/mol. The van der Waals surface area contributed by atoms with Crippen molar-refractivity contribution in [1.82, 2.24) is 0 Å². The van der Waals surface area contributed by atoms with E-state index in [-0.39, 0.29) is 10.8 Å². The zero-order chi connectivity index (χ0) is 32.5. The smallest absolute Gasteiger partial charge is 0.211 e. The van der Waals surface area contributed by atoms with Gasteiger partial charge in [0, 0.05) is 47.7 Å². The van der Waals surface area contributed by atoms with Crippen LogP contribution in [0.5, 0.6) is 11.5 Å². The predicted molar refractivity (Wildman–Crippen MR) is 184 cm³/mol. The lowest BCUT2D eigenvalue weighted by Gasteiger charge is -2.45. The van der Waals surface area contributed by atoms with Gasteiger partial charge in [-0.25, -0.2) is 0 Å². The first kappa shape index (κ1) is 29.6. The molecule has 4 aromatic rings. The van der Waals surface area contributed by atoms with Crippen LogP contribution >= 0.6 is 0 Å². The Hall–Kier alpha value is -5.10.